The standard InChI is InChI=1S/C23H33FN5O4PS2/c1-6-31-34(30,32-7-2)33-13-16(12-14(3)4)26-20-19-21(27-22(25)36-19)29-23(28-20)35-15(5)17-10-8-9-11-18(17)24/h8-11,14-16H,6-7,12-13H2,1-5H3,(H3,25,26,27,28,29)/t15?,16-/m1/s1. The summed E-state index contributed by atoms with van der Waals surface area (Å²) in [4.78, 5) is 13.6. The highest BCUT2D eigenvalue weighted by molar-refractivity contribution is 7.99. The quantitative estimate of drug-likeness (QED) is 0.126. The van der Waals surface area contributed by atoms with E-state index in [2.05, 4.69) is 29.1 Å². The number of aromatic nitrogens is 3. The third kappa shape index (κ3) is 7.84. The lowest BCUT2D eigenvalue weighted by Crippen LogP contribution is -2.28. The van der Waals surface area contributed by atoms with E-state index in [4.69, 9.17) is 24.3 Å². The Morgan fingerprint density at radius 3 is 2.44 bits per heavy atom. The molecule has 13 heteroatoms. The lowest BCUT2D eigenvalue weighted by Gasteiger charge is -2.24. The van der Waals surface area contributed by atoms with E-state index in [1.807, 2.05) is 6.92 Å². The van der Waals surface area contributed by atoms with Gasteiger partial charge in [-0.3, -0.25) is 13.6 Å². The number of nitrogens with one attached hydrogen (secondary N) is 1. The average Bonchev–Trinajstić information content (AvgIpc) is 3.18. The molecule has 0 radical (unpaired) electrons. The number of nitrogens with zero attached hydrogens (tertiary/aromatic N) is 3. The molecule has 0 fully saturated rings. The highest BCUT2D eigenvalue weighted by Crippen LogP contribution is 2.49. The normalized spacial score (nSPS) is 13.9. The fourth-order valence-corrected chi connectivity index (χ4v) is 6.40. The maximum Gasteiger partial charge on any atom is 0.474 e. The summed E-state index contributed by atoms with van der Waals surface area (Å²) in [5.74, 6) is 0.565. The summed E-state index contributed by atoms with van der Waals surface area (Å²) in [6, 6.07) is 6.38. The molecular weight excluding hydrogens is 524 g/mol. The van der Waals surface area contributed by atoms with Crippen molar-refractivity contribution in [3.63, 3.8) is 0 Å². The molecule has 0 saturated heterocycles. The van der Waals surface area contributed by atoms with Crippen molar-refractivity contribution in [2.24, 2.45) is 5.92 Å². The number of nitrogens with two attached hydrogens (primary N) is 1. The molecule has 36 heavy (non-hydrogen) atoms. The average molecular weight is 558 g/mol. The van der Waals surface area contributed by atoms with Crippen LogP contribution in [0.1, 0.15) is 51.9 Å². The first-order chi connectivity index (χ1) is 17.1. The van der Waals surface area contributed by atoms with Crippen molar-refractivity contribution >= 4 is 52.2 Å². The van der Waals surface area contributed by atoms with Gasteiger partial charge in [-0.05, 0) is 39.2 Å². The summed E-state index contributed by atoms with van der Waals surface area (Å²) in [6.07, 6.45) is 0.701. The lowest BCUT2D eigenvalue weighted by molar-refractivity contribution is 0.116. The van der Waals surface area contributed by atoms with Crippen molar-refractivity contribution in [1.82, 2.24) is 15.0 Å². The highest BCUT2D eigenvalue weighted by Gasteiger charge is 2.28. The number of hydrogen-bond acceptors (Lipinski definition) is 11. The summed E-state index contributed by atoms with van der Waals surface area (Å²) in [5.41, 5.74) is 6.99. The van der Waals surface area contributed by atoms with Gasteiger partial charge in [-0.2, -0.15) is 0 Å². The molecule has 3 N–H and O–H groups in total. The number of thioether (sulfide) groups is 1. The number of thiazole rings is 1. The van der Waals surface area contributed by atoms with Crippen molar-refractivity contribution in [2.45, 2.75) is 57.5 Å². The van der Waals surface area contributed by atoms with Crippen LogP contribution in [0.5, 0.6) is 0 Å². The molecule has 0 amide bonds. The number of halogens is 1. The van der Waals surface area contributed by atoms with Gasteiger partial charge in [0.2, 0.25) is 0 Å². The number of phosphoric ester groups is 1. The highest BCUT2D eigenvalue weighted by atomic mass is 32.2. The van der Waals surface area contributed by atoms with Crippen LogP contribution in [0.3, 0.4) is 0 Å². The fourth-order valence-electron chi connectivity index (χ4n) is 3.54. The number of phosphoric acid groups is 1. The van der Waals surface area contributed by atoms with Gasteiger partial charge in [0.25, 0.3) is 0 Å². The van der Waals surface area contributed by atoms with E-state index in [0.717, 1.165) is 0 Å². The molecule has 198 valence electrons. The molecule has 0 aliphatic carbocycles. The van der Waals surface area contributed by atoms with Gasteiger partial charge in [-0.15, -0.1) is 0 Å². The largest absolute Gasteiger partial charge is 0.474 e. The van der Waals surface area contributed by atoms with Crippen molar-refractivity contribution in [2.75, 3.05) is 30.9 Å². The van der Waals surface area contributed by atoms with Crippen LogP contribution in [-0.2, 0) is 18.1 Å². The molecule has 0 saturated carbocycles. The molecule has 9 nitrogen and oxygen atoms in total. The predicted molar refractivity (Wildman–Crippen MR) is 144 cm³/mol. The second kappa shape index (κ2) is 13.1. The second-order valence-corrected chi connectivity index (χ2v) is 12.4. The van der Waals surface area contributed by atoms with Crippen molar-refractivity contribution < 1.29 is 22.5 Å². The zero-order valence-corrected chi connectivity index (χ0v) is 23.6. The fraction of sp³-hybridized carbons (Fsp3) is 0.522. The van der Waals surface area contributed by atoms with Crippen molar-refractivity contribution in [1.29, 1.82) is 0 Å². The minimum absolute atomic E-state index is 0.0728. The summed E-state index contributed by atoms with van der Waals surface area (Å²) in [6.45, 7) is 9.99. The van der Waals surface area contributed by atoms with Gasteiger partial charge in [0.05, 0.1) is 25.9 Å². The molecule has 0 spiro atoms. The molecule has 0 aliphatic rings. The monoisotopic (exact) mass is 557 g/mol. The van der Waals surface area contributed by atoms with E-state index in [1.54, 1.807) is 32.0 Å². The van der Waals surface area contributed by atoms with Gasteiger partial charge in [0.15, 0.2) is 21.8 Å². The molecule has 2 heterocycles. The Balaban J connectivity index is 1.88. The first-order valence-corrected chi connectivity index (χ1v) is 14.9. The number of anilines is 2. The number of benzene rings is 1. The minimum atomic E-state index is -3.67. The topological polar surface area (TPSA) is 121 Å². The minimum Gasteiger partial charge on any atom is -0.375 e. The summed E-state index contributed by atoms with van der Waals surface area (Å²) >= 11 is 2.60. The van der Waals surface area contributed by atoms with Crippen LogP contribution >= 0.6 is 30.9 Å². The molecule has 3 aromatic rings. The second-order valence-electron chi connectivity index (χ2n) is 8.39. The van der Waals surface area contributed by atoms with E-state index in [1.165, 1.54) is 29.2 Å². The third-order valence-electron chi connectivity index (χ3n) is 4.98. The van der Waals surface area contributed by atoms with E-state index in [9.17, 15) is 8.96 Å². The van der Waals surface area contributed by atoms with Crippen LogP contribution in [0, 0.1) is 11.7 Å². The van der Waals surface area contributed by atoms with Gasteiger partial charge < -0.3 is 11.1 Å². The third-order valence-corrected chi connectivity index (χ3v) is 8.48. The lowest BCUT2D eigenvalue weighted by atomic mass is 10.0. The van der Waals surface area contributed by atoms with E-state index in [-0.39, 0.29) is 36.9 Å². The summed E-state index contributed by atoms with van der Waals surface area (Å²) in [7, 11) is -3.67. The Hall–Kier alpha value is -1.82. The maximum absolute atomic E-state index is 14.3. The van der Waals surface area contributed by atoms with Gasteiger partial charge >= 0.3 is 7.82 Å². The molecule has 1 unspecified atom stereocenters. The van der Waals surface area contributed by atoms with Crippen LogP contribution in [-0.4, -0.2) is 40.8 Å². The number of hydrogen-bond donors (Lipinski definition) is 2. The Morgan fingerprint density at radius 1 is 1.11 bits per heavy atom. The van der Waals surface area contributed by atoms with E-state index < -0.39 is 7.82 Å². The van der Waals surface area contributed by atoms with Gasteiger partial charge in [-0.25, -0.2) is 23.9 Å². The molecular formula is C23H33FN5O4PS2. The molecule has 0 aliphatic heterocycles. The summed E-state index contributed by atoms with van der Waals surface area (Å²) < 4.78 is 44.0. The maximum atomic E-state index is 14.3. The Bertz CT molecular complexity index is 1190. The first kappa shape index (κ1) is 28.7. The van der Waals surface area contributed by atoms with Crippen LogP contribution in [0.2, 0.25) is 0 Å². The molecule has 1 aromatic carbocycles. The van der Waals surface area contributed by atoms with Crippen molar-refractivity contribution in [3.8, 4) is 0 Å². The first-order valence-electron chi connectivity index (χ1n) is 11.8. The SMILES string of the molecule is CCOP(=O)(OCC)OC[C@@H](CC(C)C)Nc1nc(SC(C)c2ccccc2F)nc2nc(N)sc12. The zero-order chi connectivity index (χ0) is 26.3. The number of nitrogen functional groups attached to an aromatic ring is 1. The smallest absolute Gasteiger partial charge is 0.375 e. The van der Waals surface area contributed by atoms with Crippen LogP contribution in [0.4, 0.5) is 15.3 Å². The van der Waals surface area contributed by atoms with Gasteiger partial charge in [-0.1, -0.05) is 55.1 Å². The molecule has 3 rings (SSSR count). The molecule has 2 aromatic heterocycles. The van der Waals surface area contributed by atoms with Gasteiger partial charge in [0, 0.05) is 10.8 Å². The van der Waals surface area contributed by atoms with Gasteiger partial charge in [0.1, 0.15) is 10.5 Å². The van der Waals surface area contributed by atoms with Crippen LogP contribution < -0.4 is 11.1 Å². The van der Waals surface area contributed by atoms with E-state index >= 15 is 0 Å². The number of fused-ring (bicyclic) bond motifs is 1. The molecule has 2 atom stereocenters. The number of rotatable bonds is 14. The summed E-state index contributed by atoms with van der Waals surface area (Å²) in [5, 5.41) is 3.97. The Kier molecular flexibility index (Phi) is 10.5. The van der Waals surface area contributed by atoms with Crippen LogP contribution in [0.15, 0.2) is 29.4 Å². The molecule has 0 bridgehead atoms. The van der Waals surface area contributed by atoms with Crippen molar-refractivity contribution in [3.05, 3.63) is 35.6 Å². The zero-order valence-electron chi connectivity index (χ0n) is 21.1. The van der Waals surface area contributed by atoms with E-state index in [0.29, 0.717) is 44.4 Å². The predicted octanol–water partition coefficient (Wildman–Crippen LogP) is 6.69. The Morgan fingerprint density at radius 2 is 1.81 bits per heavy atom. The Labute approximate surface area is 219 Å². The van der Waals surface area contributed by atoms with Crippen LogP contribution in [0.25, 0.3) is 10.3 Å².